The van der Waals surface area contributed by atoms with Crippen molar-refractivity contribution >= 4 is 21.6 Å². The Kier molecular flexibility index (Phi) is 7.67. The number of nitrogens with zero attached hydrogens (tertiary/aromatic N) is 2. The van der Waals surface area contributed by atoms with Crippen LogP contribution < -0.4 is 9.04 Å². The van der Waals surface area contributed by atoms with Gasteiger partial charge in [0.25, 0.3) is 15.9 Å². The van der Waals surface area contributed by atoms with Crippen LogP contribution in [0.5, 0.6) is 5.75 Å². The van der Waals surface area contributed by atoms with Crippen LogP contribution in [0.1, 0.15) is 42.6 Å². The molecule has 0 aliphatic carbocycles. The largest absolute Gasteiger partial charge is 0.495 e. The summed E-state index contributed by atoms with van der Waals surface area (Å²) in [5.74, 6) is 0.314. The third-order valence-corrected chi connectivity index (χ3v) is 6.74. The van der Waals surface area contributed by atoms with Gasteiger partial charge in [-0.15, -0.1) is 0 Å². The summed E-state index contributed by atoms with van der Waals surface area (Å²) in [4.78, 5) is 14.9. The van der Waals surface area contributed by atoms with Crippen molar-refractivity contribution in [1.82, 2.24) is 4.90 Å². The second-order valence-corrected chi connectivity index (χ2v) is 8.83. The SMILES string of the molecule is CCCCN(CC)C(=O)c1cc(S(=O)(=O)N(C)c2ccccc2OC)ccc1C. The van der Waals surface area contributed by atoms with E-state index in [0.717, 1.165) is 18.4 Å². The summed E-state index contributed by atoms with van der Waals surface area (Å²) in [6.07, 6.45) is 1.90. The highest BCUT2D eigenvalue weighted by molar-refractivity contribution is 7.92. The van der Waals surface area contributed by atoms with Crippen molar-refractivity contribution in [1.29, 1.82) is 0 Å². The fraction of sp³-hybridized carbons (Fsp3) is 0.409. The highest BCUT2D eigenvalue weighted by Gasteiger charge is 2.26. The lowest BCUT2D eigenvalue weighted by atomic mass is 10.1. The molecule has 2 rings (SSSR count). The number of para-hydroxylation sites is 2. The number of anilines is 1. The molecule has 0 aliphatic rings. The second kappa shape index (κ2) is 9.78. The molecule has 2 aromatic rings. The molecule has 0 aromatic heterocycles. The van der Waals surface area contributed by atoms with Crippen LogP contribution in [0.2, 0.25) is 0 Å². The molecular weight excluding hydrogens is 388 g/mol. The Labute approximate surface area is 174 Å². The highest BCUT2D eigenvalue weighted by Crippen LogP contribution is 2.31. The van der Waals surface area contributed by atoms with E-state index in [1.165, 1.54) is 30.6 Å². The average Bonchev–Trinajstić information content (AvgIpc) is 2.73. The molecule has 0 atom stereocenters. The first-order chi connectivity index (χ1) is 13.8. The molecule has 0 saturated heterocycles. The van der Waals surface area contributed by atoms with Gasteiger partial charge < -0.3 is 9.64 Å². The number of benzene rings is 2. The van der Waals surface area contributed by atoms with E-state index in [2.05, 4.69) is 6.92 Å². The summed E-state index contributed by atoms with van der Waals surface area (Å²) < 4.78 is 33.0. The van der Waals surface area contributed by atoms with Gasteiger partial charge in [-0.2, -0.15) is 0 Å². The molecule has 0 saturated carbocycles. The third kappa shape index (κ3) is 4.90. The van der Waals surface area contributed by atoms with Gasteiger partial charge in [0, 0.05) is 25.7 Å². The van der Waals surface area contributed by atoms with Gasteiger partial charge in [0.2, 0.25) is 0 Å². The predicted octanol–water partition coefficient (Wildman–Crippen LogP) is 4.09. The van der Waals surface area contributed by atoms with Gasteiger partial charge in [0.05, 0.1) is 17.7 Å². The minimum atomic E-state index is -3.86. The number of ether oxygens (including phenoxy) is 1. The summed E-state index contributed by atoms with van der Waals surface area (Å²) in [6.45, 7) is 7.06. The first-order valence-electron chi connectivity index (χ1n) is 9.79. The molecule has 1 amide bonds. The molecule has 0 fully saturated rings. The third-order valence-electron chi connectivity index (χ3n) is 4.97. The molecule has 158 valence electrons. The summed E-state index contributed by atoms with van der Waals surface area (Å²) >= 11 is 0. The first kappa shape index (κ1) is 22.7. The van der Waals surface area contributed by atoms with E-state index >= 15 is 0 Å². The molecule has 0 spiro atoms. The Hall–Kier alpha value is -2.54. The van der Waals surface area contributed by atoms with Crippen LogP contribution in [0.4, 0.5) is 5.69 Å². The van der Waals surface area contributed by atoms with Crippen molar-refractivity contribution in [2.45, 2.75) is 38.5 Å². The van der Waals surface area contributed by atoms with Crippen LogP contribution >= 0.6 is 0 Å². The zero-order valence-corrected chi connectivity index (χ0v) is 18.6. The molecule has 0 aliphatic heterocycles. The molecule has 7 heteroatoms. The lowest BCUT2D eigenvalue weighted by molar-refractivity contribution is 0.0761. The van der Waals surface area contributed by atoms with Gasteiger partial charge in [-0.3, -0.25) is 9.10 Å². The minimum absolute atomic E-state index is 0.0754. The van der Waals surface area contributed by atoms with Crippen LogP contribution in [-0.2, 0) is 10.0 Å². The van der Waals surface area contributed by atoms with Gasteiger partial charge in [-0.05, 0) is 50.1 Å². The molecule has 29 heavy (non-hydrogen) atoms. The van der Waals surface area contributed by atoms with E-state index < -0.39 is 10.0 Å². The summed E-state index contributed by atoms with van der Waals surface area (Å²) in [7, 11) is -0.886. The van der Waals surface area contributed by atoms with Gasteiger partial charge in [0.1, 0.15) is 5.75 Å². The van der Waals surface area contributed by atoms with Crippen molar-refractivity contribution in [3.05, 3.63) is 53.6 Å². The van der Waals surface area contributed by atoms with Gasteiger partial charge in [-0.25, -0.2) is 8.42 Å². The van der Waals surface area contributed by atoms with Crippen molar-refractivity contribution in [3.8, 4) is 5.75 Å². The van der Waals surface area contributed by atoms with Crippen LogP contribution in [0, 0.1) is 6.92 Å². The smallest absolute Gasteiger partial charge is 0.264 e. The Bertz CT molecular complexity index is 957. The Morgan fingerprint density at radius 2 is 1.79 bits per heavy atom. The van der Waals surface area contributed by atoms with E-state index in [0.29, 0.717) is 30.1 Å². The van der Waals surface area contributed by atoms with Crippen LogP contribution in [0.3, 0.4) is 0 Å². The fourth-order valence-electron chi connectivity index (χ4n) is 3.09. The van der Waals surface area contributed by atoms with E-state index in [9.17, 15) is 13.2 Å². The molecule has 2 aromatic carbocycles. The predicted molar refractivity (Wildman–Crippen MR) is 116 cm³/mol. The highest BCUT2D eigenvalue weighted by atomic mass is 32.2. The Morgan fingerprint density at radius 1 is 1.10 bits per heavy atom. The lowest BCUT2D eigenvalue weighted by Gasteiger charge is -2.24. The number of hydrogen-bond donors (Lipinski definition) is 0. The molecule has 0 N–H and O–H groups in total. The number of carbonyl (C=O) groups excluding carboxylic acids is 1. The standard InChI is InChI=1S/C22H30N2O4S/c1-6-8-15-24(7-2)22(25)19-16-18(14-13-17(19)3)29(26,27)23(4)20-11-9-10-12-21(20)28-5/h9-14,16H,6-8,15H2,1-5H3. The number of rotatable bonds is 9. The van der Waals surface area contributed by atoms with Crippen LogP contribution in [-0.4, -0.2) is 46.5 Å². The normalized spacial score (nSPS) is 11.2. The number of unbranched alkanes of at least 4 members (excludes halogenated alkanes) is 1. The average molecular weight is 419 g/mol. The van der Waals surface area contributed by atoms with Crippen molar-refractivity contribution < 1.29 is 17.9 Å². The van der Waals surface area contributed by atoms with Crippen LogP contribution in [0.25, 0.3) is 0 Å². The molecule has 6 nitrogen and oxygen atoms in total. The van der Waals surface area contributed by atoms with Crippen molar-refractivity contribution in [2.75, 3.05) is 31.6 Å². The number of aryl methyl sites for hydroxylation is 1. The van der Waals surface area contributed by atoms with E-state index in [4.69, 9.17) is 4.74 Å². The van der Waals surface area contributed by atoms with E-state index in [1.807, 2.05) is 13.8 Å². The van der Waals surface area contributed by atoms with E-state index in [1.54, 1.807) is 35.2 Å². The fourth-order valence-corrected chi connectivity index (χ4v) is 4.32. The minimum Gasteiger partial charge on any atom is -0.495 e. The first-order valence-corrected chi connectivity index (χ1v) is 11.2. The molecule has 0 heterocycles. The zero-order chi connectivity index (χ0) is 21.6. The summed E-state index contributed by atoms with van der Waals surface area (Å²) in [6, 6.07) is 11.6. The number of methoxy groups -OCH3 is 1. The van der Waals surface area contributed by atoms with Crippen molar-refractivity contribution in [3.63, 3.8) is 0 Å². The topological polar surface area (TPSA) is 66.9 Å². The maximum atomic E-state index is 13.2. The summed E-state index contributed by atoms with van der Waals surface area (Å²) in [5, 5.41) is 0. The van der Waals surface area contributed by atoms with Gasteiger partial charge in [0.15, 0.2) is 0 Å². The van der Waals surface area contributed by atoms with Crippen LogP contribution in [0.15, 0.2) is 47.4 Å². The maximum absolute atomic E-state index is 13.2. The summed E-state index contributed by atoms with van der Waals surface area (Å²) in [5.41, 5.74) is 1.60. The second-order valence-electron chi connectivity index (χ2n) is 6.86. The molecule has 0 radical (unpaired) electrons. The lowest BCUT2D eigenvalue weighted by Crippen LogP contribution is -2.33. The molecule has 0 unspecified atom stereocenters. The van der Waals surface area contributed by atoms with Crippen molar-refractivity contribution in [2.24, 2.45) is 0 Å². The Morgan fingerprint density at radius 3 is 2.41 bits per heavy atom. The van der Waals surface area contributed by atoms with Gasteiger partial charge in [-0.1, -0.05) is 31.5 Å². The number of amides is 1. The number of hydrogen-bond acceptors (Lipinski definition) is 4. The molecular formula is C22H30N2O4S. The van der Waals surface area contributed by atoms with Gasteiger partial charge >= 0.3 is 0 Å². The molecule has 0 bridgehead atoms. The monoisotopic (exact) mass is 418 g/mol. The maximum Gasteiger partial charge on any atom is 0.264 e. The Balaban J connectivity index is 2.44. The zero-order valence-electron chi connectivity index (χ0n) is 17.8. The number of sulfonamides is 1. The quantitative estimate of drug-likeness (QED) is 0.615. The number of carbonyl (C=O) groups is 1. The van der Waals surface area contributed by atoms with E-state index in [-0.39, 0.29) is 10.8 Å².